The van der Waals surface area contributed by atoms with Crippen molar-refractivity contribution >= 4 is 43.9 Å². The van der Waals surface area contributed by atoms with Gasteiger partial charge in [0.15, 0.2) is 17.5 Å². The molecule has 3 heterocycles. The molecule has 3 aromatic heterocycles. The molecule has 5 heteroatoms. The normalized spacial score (nSPS) is 11.6. The largest absolute Gasteiger partial charge is 0.456 e. The van der Waals surface area contributed by atoms with Crippen LogP contribution in [0.2, 0.25) is 0 Å². The summed E-state index contributed by atoms with van der Waals surface area (Å²) in [4.78, 5) is 15.5. The minimum Gasteiger partial charge on any atom is -0.456 e. The molecule has 57 heavy (non-hydrogen) atoms. The van der Waals surface area contributed by atoms with Crippen molar-refractivity contribution in [3.05, 3.63) is 188 Å². The van der Waals surface area contributed by atoms with Gasteiger partial charge in [0.05, 0.1) is 0 Å². The van der Waals surface area contributed by atoms with Crippen LogP contribution in [0.5, 0.6) is 0 Å². The Morgan fingerprint density at radius 2 is 0.825 bits per heavy atom. The quantitative estimate of drug-likeness (QED) is 0.170. The summed E-state index contributed by atoms with van der Waals surface area (Å²) in [5, 5.41) is 4.10. The molecule has 0 fully saturated rings. The van der Waals surface area contributed by atoms with E-state index in [2.05, 4.69) is 146 Å². The lowest BCUT2D eigenvalue weighted by Gasteiger charge is -2.11. The van der Waals surface area contributed by atoms with Crippen LogP contribution in [-0.2, 0) is 0 Å². The van der Waals surface area contributed by atoms with Crippen LogP contribution in [0.25, 0.3) is 111 Å². The van der Waals surface area contributed by atoms with E-state index >= 15 is 0 Å². The van der Waals surface area contributed by atoms with E-state index in [1.54, 1.807) is 0 Å². The fraction of sp³-hybridized carbons (Fsp3) is 0.0192. The van der Waals surface area contributed by atoms with Crippen molar-refractivity contribution in [2.24, 2.45) is 0 Å². The lowest BCUT2D eigenvalue weighted by atomic mass is 9.96. The van der Waals surface area contributed by atoms with E-state index in [0.717, 1.165) is 82.8 Å². The fourth-order valence-corrected chi connectivity index (χ4v) is 8.08. The van der Waals surface area contributed by atoms with Crippen molar-refractivity contribution in [1.29, 1.82) is 0 Å². The number of para-hydroxylation sites is 1. The second kappa shape index (κ2) is 13.3. The van der Waals surface area contributed by atoms with Gasteiger partial charge in [-0.2, -0.15) is 0 Å². The summed E-state index contributed by atoms with van der Waals surface area (Å²) >= 11 is 0. The first-order valence-electron chi connectivity index (χ1n) is 19.1. The Labute approximate surface area is 328 Å². The summed E-state index contributed by atoms with van der Waals surface area (Å²) in [6, 6.07) is 62.8. The number of furan rings is 2. The molecule has 0 aliphatic carbocycles. The van der Waals surface area contributed by atoms with Gasteiger partial charge in [0.1, 0.15) is 22.3 Å². The summed E-state index contributed by atoms with van der Waals surface area (Å²) in [5.74, 6) is 1.71. The number of hydrogen-bond acceptors (Lipinski definition) is 5. The SMILES string of the molecule is Cc1cccc(-c2cccc(-c3nc(-c4ccc5c(c4)oc4cccc(-c6cccc(-c7ccccc7)c6)c45)nc(-c4cccc5oc6ccccc6c45)n3)c2)c1. The van der Waals surface area contributed by atoms with E-state index in [0.29, 0.717) is 17.5 Å². The first kappa shape index (κ1) is 32.8. The summed E-state index contributed by atoms with van der Waals surface area (Å²) in [6.07, 6.45) is 0. The third kappa shape index (κ3) is 5.76. The van der Waals surface area contributed by atoms with Crippen molar-refractivity contribution in [1.82, 2.24) is 15.0 Å². The van der Waals surface area contributed by atoms with Crippen LogP contribution in [0.1, 0.15) is 5.56 Å². The van der Waals surface area contributed by atoms with Gasteiger partial charge in [0.25, 0.3) is 0 Å². The molecule has 0 spiro atoms. The van der Waals surface area contributed by atoms with Gasteiger partial charge in [-0.25, -0.2) is 15.0 Å². The van der Waals surface area contributed by atoms with E-state index in [4.69, 9.17) is 23.8 Å². The second-order valence-electron chi connectivity index (χ2n) is 14.5. The highest BCUT2D eigenvalue weighted by molar-refractivity contribution is 6.14. The van der Waals surface area contributed by atoms with E-state index in [-0.39, 0.29) is 0 Å². The van der Waals surface area contributed by atoms with E-state index < -0.39 is 0 Å². The van der Waals surface area contributed by atoms with Gasteiger partial charge >= 0.3 is 0 Å². The number of benzene rings is 8. The molecule has 0 amide bonds. The van der Waals surface area contributed by atoms with Crippen molar-refractivity contribution < 1.29 is 8.83 Å². The highest BCUT2D eigenvalue weighted by Gasteiger charge is 2.20. The molecule has 268 valence electrons. The number of nitrogens with zero attached hydrogens (tertiary/aromatic N) is 3. The van der Waals surface area contributed by atoms with Gasteiger partial charge in [-0.1, -0.05) is 145 Å². The highest BCUT2D eigenvalue weighted by atomic mass is 16.3. The van der Waals surface area contributed by atoms with Crippen molar-refractivity contribution in [3.63, 3.8) is 0 Å². The average molecular weight is 732 g/mol. The van der Waals surface area contributed by atoms with Crippen LogP contribution < -0.4 is 0 Å². The third-order valence-electron chi connectivity index (χ3n) is 10.8. The lowest BCUT2D eigenvalue weighted by Crippen LogP contribution is -2.00. The minimum absolute atomic E-state index is 0.555. The Morgan fingerprint density at radius 1 is 0.316 bits per heavy atom. The van der Waals surface area contributed by atoms with Gasteiger partial charge in [-0.15, -0.1) is 0 Å². The molecule has 11 rings (SSSR count). The van der Waals surface area contributed by atoms with Crippen LogP contribution in [0, 0.1) is 6.92 Å². The summed E-state index contributed by atoms with van der Waals surface area (Å²) in [6.45, 7) is 2.11. The predicted molar refractivity (Wildman–Crippen MR) is 232 cm³/mol. The Morgan fingerprint density at radius 3 is 1.61 bits per heavy atom. The predicted octanol–water partition coefficient (Wildman–Crippen LogP) is 14.0. The Hall–Kier alpha value is -7.63. The van der Waals surface area contributed by atoms with Crippen molar-refractivity contribution in [2.75, 3.05) is 0 Å². The number of hydrogen-bond donors (Lipinski definition) is 0. The molecule has 0 aliphatic rings. The molecular formula is C52H33N3O2. The maximum Gasteiger partial charge on any atom is 0.164 e. The molecule has 0 atom stereocenters. The van der Waals surface area contributed by atoms with Crippen molar-refractivity contribution in [2.45, 2.75) is 6.92 Å². The zero-order valence-corrected chi connectivity index (χ0v) is 31.0. The highest BCUT2D eigenvalue weighted by Crippen LogP contribution is 2.40. The van der Waals surface area contributed by atoms with Gasteiger partial charge in [-0.05, 0) is 82.8 Å². The van der Waals surface area contributed by atoms with E-state index in [9.17, 15) is 0 Å². The average Bonchev–Trinajstić information content (AvgIpc) is 3.85. The zero-order chi connectivity index (χ0) is 37.9. The number of rotatable bonds is 6. The molecule has 0 bridgehead atoms. The zero-order valence-electron chi connectivity index (χ0n) is 31.0. The van der Waals surface area contributed by atoms with Crippen molar-refractivity contribution in [3.8, 4) is 67.5 Å². The second-order valence-corrected chi connectivity index (χ2v) is 14.5. The molecule has 0 radical (unpaired) electrons. The fourth-order valence-electron chi connectivity index (χ4n) is 8.08. The van der Waals surface area contributed by atoms with E-state index in [1.807, 2.05) is 42.5 Å². The molecule has 5 nitrogen and oxygen atoms in total. The molecule has 0 N–H and O–H groups in total. The van der Waals surface area contributed by atoms with Gasteiger partial charge in [-0.3, -0.25) is 0 Å². The molecule has 0 saturated carbocycles. The van der Waals surface area contributed by atoms with Gasteiger partial charge in [0.2, 0.25) is 0 Å². The molecule has 0 unspecified atom stereocenters. The van der Waals surface area contributed by atoms with Crippen LogP contribution in [-0.4, -0.2) is 15.0 Å². The maximum absolute atomic E-state index is 6.61. The van der Waals surface area contributed by atoms with Crippen LogP contribution in [0.3, 0.4) is 0 Å². The van der Waals surface area contributed by atoms with Crippen LogP contribution in [0.4, 0.5) is 0 Å². The summed E-state index contributed by atoms with van der Waals surface area (Å²) < 4.78 is 12.9. The third-order valence-corrected chi connectivity index (χ3v) is 10.8. The smallest absolute Gasteiger partial charge is 0.164 e. The van der Waals surface area contributed by atoms with E-state index in [1.165, 1.54) is 16.7 Å². The van der Waals surface area contributed by atoms with Crippen LogP contribution in [0.15, 0.2) is 191 Å². The molecule has 0 aliphatic heterocycles. The Balaban J connectivity index is 1.08. The molecule has 8 aromatic carbocycles. The summed E-state index contributed by atoms with van der Waals surface area (Å²) in [5.41, 5.74) is 13.9. The lowest BCUT2D eigenvalue weighted by molar-refractivity contribution is 0.668. The minimum atomic E-state index is 0.555. The molecule has 0 saturated heterocycles. The van der Waals surface area contributed by atoms with Crippen LogP contribution >= 0.6 is 0 Å². The monoisotopic (exact) mass is 731 g/mol. The first-order chi connectivity index (χ1) is 28.1. The van der Waals surface area contributed by atoms with Gasteiger partial charge in [0, 0.05) is 38.2 Å². The number of aryl methyl sites for hydroxylation is 1. The maximum atomic E-state index is 6.61. The standard InChI is InChI=1S/C52H33N3O2/c1-32-12-7-15-34(28-32)36-17-9-19-38(30-36)50-53-51(55-52(54-50)43-22-11-25-46-49(43)41-20-5-6-23-44(41)56-46)39-26-27-42-47(31-39)57-45-24-10-21-40(48(42)45)37-18-8-16-35(29-37)33-13-3-2-4-14-33/h2-31H,1H3. The molecular weight excluding hydrogens is 699 g/mol. The molecule has 11 aromatic rings. The Bertz CT molecular complexity index is 3320. The topological polar surface area (TPSA) is 65.0 Å². The number of fused-ring (bicyclic) bond motifs is 6. The Kier molecular flexibility index (Phi) is 7.64. The summed E-state index contributed by atoms with van der Waals surface area (Å²) in [7, 11) is 0. The van der Waals surface area contributed by atoms with Gasteiger partial charge < -0.3 is 8.83 Å². The first-order valence-corrected chi connectivity index (χ1v) is 19.1. The number of aromatic nitrogens is 3.